The number of nitrogens with one attached hydrogen (secondary N) is 2. The van der Waals surface area contributed by atoms with Crippen molar-refractivity contribution in [2.45, 2.75) is 57.2 Å². The summed E-state index contributed by atoms with van der Waals surface area (Å²) >= 11 is 0. The first-order chi connectivity index (χ1) is 8.18. The topological polar surface area (TPSA) is 44.4 Å². The van der Waals surface area contributed by atoms with Gasteiger partial charge >= 0.3 is 0 Å². The molecule has 0 aromatic heterocycles. The van der Waals surface area contributed by atoms with E-state index in [1.165, 1.54) is 12.8 Å². The number of rotatable bonds is 4. The van der Waals surface area contributed by atoms with Crippen LogP contribution in [-0.2, 0) is 4.79 Å². The monoisotopic (exact) mass is 239 g/mol. The van der Waals surface area contributed by atoms with E-state index in [1.54, 1.807) is 0 Å². The van der Waals surface area contributed by atoms with Crippen molar-refractivity contribution in [1.82, 2.24) is 15.5 Å². The van der Waals surface area contributed by atoms with Crippen LogP contribution in [0.2, 0.25) is 0 Å². The molecule has 0 bridgehead atoms. The van der Waals surface area contributed by atoms with Gasteiger partial charge in [0.1, 0.15) is 0 Å². The Labute approximate surface area is 104 Å². The van der Waals surface area contributed by atoms with Crippen LogP contribution in [-0.4, -0.2) is 49.1 Å². The number of nitrogens with zero attached hydrogens (tertiary/aromatic N) is 1. The largest absolute Gasteiger partial charge is 0.352 e. The Morgan fingerprint density at radius 1 is 1.35 bits per heavy atom. The zero-order valence-corrected chi connectivity index (χ0v) is 11.0. The minimum Gasteiger partial charge on any atom is -0.352 e. The predicted molar refractivity (Wildman–Crippen MR) is 68.9 cm³/mol. The molecular formula is C13H25N3O. The first-order valence-electron chi connectivity index (χ1n) is 6.91. The van der Waals surface area contributed by atoms with Crippen molar-refractivity contribution in [3.63, 3.8) is 0 Å². The van der Waals surface area contributed by atoms with Crippen molar-refractivity contribution in [3.8, 4) is 0 Å². The fourth-order valence-electron chi connectivity index (χ4n) is 2.88. The maximum Gasteiger partial charge on any atom is 0.237 e. The van der Waals surface area contributed by atoms with Gasteiger partial charge in [-0.05, 0) is 39.8 Å². The molecule has 98 valence electrons. The molecule has 17 heavy (non-hydrogen) atoms. The highest BCUT2D eigenvalue weighted by Gasteiger charge is 2.28. The summed E-state index contributed by atoms with van der Waals surface area (Å²) < 4.78 is 0. The van der Waals surface area contributed by atoms with Crippen LogP contribution in [0.25, 0.3) is 0 Å². The van der Waals surface area contributed by atoms with Crippen molar-refractivity contribution < 1.29 is 4.79 Å². The number of amides is 1. The van der Waals surface area contributed by atoms with Crippen molar-refractivity contribution in [3.05, 3.63) is 0 Å². The first kappa shape index (κ1) is 12.8. The highest BCUT2D eigenvalue weighted by Crippen LogP contribution is 2.18. The summed E-state index contributed by atoms with van der Waals surface area (Å²) in [5, 5.41) is 6.53. The van der Waals surface area contributed by atoms with Gasteiger partial charge in [-0.25, -0.2) is 0 Å². The summed E-state index contributed by atoms with van der Waals surface area (Å²) in [6.45, 7) is 4.10. The second-order valence-electron chi connectivity index (χ2n) is 5.48. The SMILES string of the molecule is CC(C(=O)NC1CCCC1)N(C)C1CCNC1. The lowest BCUT2D eigenvalue weighted by Gasteiger charge is -2.30. The van der Waals surface area contributed by atoms with E-state index in [0.29, 0.717) is 12.1 Å². The maximum absolute atomic E-state index is 12.1. The number of hydrogen-bond acceptors (Lipinski definition) is 3. The van der Waals surface area contributed by atoms with Gasteiger partial charge in [0.25, 0.3) is 0 Å². The first-order valence-corrected chi connectivity index (χ1v) is 6.91. The molecule has 1 aliphatic heterocycles. The molecule has 2 fully saturated rings. The van der Waals surface area contributed by atoms with Crippen molar-refractivity contribution in [2.75, 3.05) is 20.1 Å². The highest BCUT2D eigenvalue weighted by atomic mass is 16.2. The van der Waals surface area contributed by atoms with E-state index in [0.717, 1.165) is 32.4 Å². The van der Waals surface area contributed by atoms with E-state index in [-0.39, 0.29) is 11.9 Å². The Morgan fingerprint density at radius 2 is 2.06 bits per heavy atom. The molecule has 1 amide bonds. The fraction of sp³-hybridized carbons (Fsp3) is 0.923. The molecule has 2 N–H and O–H groups in total. The minimum atomic E-state index is -0.0134. The van der Waals surface area contributed by atoms with Gasteiger partial charge in [-0.3, -0.25) is 9.69 Å². The van der Waals surface area contributed by atoms with E-state index in [9.17, 15) is 4.79 Å². The smallest absolute Gasteiger partial charge is 0.237 e. The van der Waals surface area contributed by atoms with Gasteiger partial charge in [-0.15, -0.1) is 0 Å². The molecule has 1 aliphatic carbocycles. The van der Waals surface area contributed by atoms with E-state index < -0.39 is 0 Å². The van der Waals surface area contributed by atoms with E-state index in [2.05, 4.69) is 22.6 Å². The molecule has 1 heterocycles. The van der Waals surface area contributed by atoms with Crippen LogP contribution >= 0.6 is 0 Å². The molecule has 4 heteroatoms. The van der Waals surface area contributed by atoms with Crippen LogP contribution in [0.4, 0.5) is 0 Å². The van der Waals surface area contributed by atoms with E-state index in [1.807, 2.05) is 6.92 Å². The van der Waals surface area contributed by atoms with Crippen LogP contribution < -0.4 is 10.6 Å². The van der Waals surface area contributed by atoms with Crippen LogP contribution in [0.1, 0.15) is 39.0 Å². The summed E-state index contributed by atoms with van der Waals surface area (Å²) in [4.78, 5) is 14.3. The highest BCUT2D eigenvalue weighted by molar-refractivity contribution is 5.81. The quantitative estimate of drug-likeness (QED) is 0.760. The fourth-order valence-corrected chi connectivity index (χ4v) is 2.88. The molecule has 2 unspecified atom stereocenters. The summed E-state index contributed by atoms with van der Waals surface area (Å²) in [5.74, 6) is 0.200. The average molecular weight is 239 g/mol. The zero-order chi connectivity index (χ0) is 12.3. The van der Waals surface area contributed by atoms with Crippen molar-refractivity contribution >= 4 is 5.91 Å². The molecule has 2 atom stereocenters. The molecule has 1 saturated carbocycles. The molecule has 4 nitrogen and oxygen atoms in total. The van der Waals surface area contributed by atoms with E-state index >= 15 is 0 Å². The van der Waals surface area contributed by atoms with Gasteiger partial charge in [-0.1, -0.05) is 12.8 Å². The molecule has 1 saturated heterocycles. The van der Waals surface area contributed by atoms with E-state index in [4.69, 9.17) is 0 Å². The number of hydrogen-bond donors (Lipinski definition) is 2. The lowest BCUT2D eigenvalue weighted by atomic mass is 10.1. The van der Waals surface area contributed by atoms with Gasteiger partial charge in [0, 0.05) is 18.6 Å². The Bertz CT molecular complexity index is 257. The predicted octanol–water partition coefficient (Wildman–Crippen LogP) is 0.727. The van der Waals surface area contributed by atoms with Gasteiger partial charge < -0.3 is 10.6 Å². The number of likely N-dealkylation sites (N-methyl/N-ethyl adjacent to an activating group) is 1. The van der Waals surface area contributed by atoms with Gasteiger partial charge in [0.2, 0.25) is 5.91 Å². The standard InChI is InChI=1S/C13H25N3O/c1-10(16(2)12-7-8-14-9-12)13(17)15-11-5-3-4-6-11/h10-12,14H,3-9H2,1-2H3,(H,15,17). The third-order valence-corrected chi connectivity index (χ3v) is 4.30. The normalized spacial score (nSPS) is 27.6. The number of carbonyl (C=O) groups is 1. The van der Waals surface area contributed by atoms with Gasteiger partial charge in [0.05, 0.1) is 6.04 Å². The molecule has 2 rings (SSSR count). The Kier molecular flexibility index (Phi) is 4.40. The second kappa shape index (κ2) is 5.83. The second-order valence-corrected chi connectivity index (χ2v) is 5.48. The molecule has 0 radical (unpaired) electrons. The third kappa shape index (κ3) is 3.19. The average Bonchev–Trinajstić information content (AvgIpc) is 2.99. The summed E-state index contributed by atoms with van der Waals surface area (Å²) in [6, 6.07) is 0.930. The molecule has 0 spiro atoms. The van der Waals surface area contributed by atoms with Crippen LogP contribution in [0.3, 0.4) is 0 Å². The minimum absolute atomic E-state index is 0.0134. The van der Waals surface area contributed by atoms with Crippen LogP contribution in [0, 0.1) is 0 Å². The summed E-state index contributed by atoms with van der Waals surface area (Å²) in [6.07, 6.45) is 6.00. The van der Waals surface area contributed by atoms with Gasteiger partial charge in [-0.2, -0.15) is 0 Å². The molecule has 2 aliphatic rings. The maximum atomic E-state index is 12.1. The number of carbonyl (C=O) groups excluding carboxylic acids is 1. The lowest BCUT2D eigenvalue weighted by Crippen LogP contribution is -2.50. The Balaban J connectivity index is 1.80. The lowest BCUT2D eigenvalue weighted by molar-refractivity contribution is -0.126. The van der Waals surface area contributed by atoms with Crippen molar-refractivity contribution in [2.24, 2.45) is 0 Å². The van der Waals surface area contributed by atoms with Crippen LogP contribution in [0.5, 0.6) is 0 Å². The zero-order valence-electron chi connectivity index (χ0n) is 11.0. The van der Waals surface area contributed by atoms with Crippen LogP contribution in [0.15, 0.2) is 0 Å². The third-order valence-electron chi connectivity index (χ3n) is 4.30. The molecule has 0 aromatic rings. The van der Waals surface area contributed by atoms with Crippen molar-refractivity contribution in [1.29, 1.82) is 0 Å². The Morgan fingerprint density at radius 3 is 2.65 bits per heavy atom. The molecule has 0 aromatic carbocycles. The summed E-state index contributed by atoms with van der Waals surface area (Å²) in [7, 11) is 2.07. The molecular weight excluding hydrogens is 214 g/mol. The Hall–Kier alpha value is -0.610. The summed E-state index contributed by atoms with van der Waals surface area (Å²) in [5.41, 5.74) is 0. The van der Waals surface area contributed by atoms with Gasteiger partial charge in [0.15, 0.2) is 0 Å².